The Hall–Kier alpha value is -1.66. The Morgan fingerprint density at radius 1 is 1.12 bits per heavy atom. The van der Waals surface area contributed by atoms with Gasteiger partial charge in [0.05, 0.1) is 10.6 Å². The number of sulfonamides is 1. The van der Waals surface area contributed by atoms with E-state index >= 15 is 0 Å². The summed E-state index contributed by atoms with van der Waals surface area (Å²) in [7, 11) is -3.54. The molecule has 2 rings (SSSR count). The Bertz CT molecular complexity index is 813. The van der Waals surface area contributed by atoms with Gasteiger partial charge in [0.15, 0.2) is 0 Å². The molecule has 1 aromatic heterocycles. The molecule has 0 fully saturated rings. The Kier molecular flexibility index (Phi) is 5.20. The summed E-state index contributed by atoms with van der Waals surface area (Å²) in [4.78, 5) is 0.286. The average Bonchev–Trinajstić information content (AvgIpc) is 2.78. The molecule has 0 unspecified atom stereocenters. The number of nitrogens with one attached hydrogen (secondary N) is 1. The maximum atomic E-state index is 12.5. The van der Waals surface area contributed by atoms with Crippen LogP contribution in [-0.2, 0) is 28.5 Å². The van der Waals surface area contributed by atoms with Gasteiger partial charge in [-0.05, 0) is 43.9 Å². The fraction of sp³-hybridized carbons (Fsp3) is 0.500. The number of aryl methyl sites for hydroxylation is 2. The van der Waals surface area contributed by atoms with Crippen molar-refractivity contribution in [3.8, 4) is 0 Å². The van der Waals surface area contributed by atoms with E-state index < -0.39 is 10.0 Å². The maximum absolute atomic E-state index is 12.5. The van der Waals surface area contributed by atoms with Crippen molar-refractivity contribution in [1.82, 2.24) is 14.5 Å². The zero-order chi connectivity index (χ0) is 18.1. The van der Waals surface area contributed by atoms with Crippen LogP contribution in [0, 0.1) is 13.8 Å². The molecule has 0 atom stereocenters. The van der Waals surface area contributed by atoms with Crippen LogP contribution >= 0.6 is 0 Å². The Balaban J connectivity index is 2.19. The highest BCUT2D eigenvalue weighted by atomic mass is 32.2. The molecule has 0 radical (unpaired) electrons. The van der Waals surface area contributed by atoms with Gasteiger partial charge in [-0.15, -0.1) is 0 Å². The van der Waals surface area contributed by atoms with E-state index in [1.54, 1.807) is 12.1 Å². The first-order chi connectivity index (χ1) is 11.1. The number of benzene rings is 1. The predicted molar refractivity (Wildman–Crippen MR) is 96.5 cm³/mol. The minimum absolute atomic E-state index is 0.00131. The molecule has 2 aromatic rings. The molecule has 0 bridgehead atoms. The van der Waals surface area contributed by atoms with E-state index in [-0.39, 0.29) is 16.9 Å². The molecule has 1 aromatic carbocycles. The minimum atomic E-state index is -3.54. The van der Waals surface area contributed by atoms with Gasteiger partial charge >= 0.3 is 0 Å². The molecule has 5 nitrogen and oxygen atoms in total. The van der Waals surface area contributed by atoms with Crippen molar-refractivity contribution >= 4 is 10.0 Å². The highest BCUT2D eigenvalue weighted by Crippen LogP contribution is 2.23. The summed E-state index contributed by atoms with van der Waals surface area (Å²) in [5, 5.41) is 4.42. The minimum Gasteiger partial charge on any atom is -0.270 e. The van der Waals surface area contributed by atoms with Gasteiger partial charge in [-0.3, -0.25) is 4.68 Å². The van der Waals surface area contributed by atoms with Crippen molar-refractivity contribution in [2.24, 2.45) is 0 Å². The molecule has 6 heteroatoms. The number of hydrogen-bond donors (Lipinski definition) is 1. The lowest BCUT2D eigenvalue weighted by molar-refractivity contribution is 0.578. The highest BCUT2D eigenvalue weighted by molar-refractivity contribution is 7.89. The van der Waals surface area contributed by atoms with Gasteiger partial charge in [0, 0.05) is 24.3 Å². The van der Waals surface area contributed by atoms with Crippen LogP contribution in [0.3, 0.4) is 0 Å². The number of rotatable bonds is 5. The molecule has 0 spiro atoms. The quantitative estimate of drug-likeness (QED) is 0.901. The largest absolute Gasteiger partial charge is 0.270 e. The molecule has 0 aliphatic carbocycles. The van der Waals surface area contributed by atoms with E-state index in [1.165, 1.54) is 0 Å². The van der Waals surface area contributed by atoms with Crippen LogP contribution in [0.4, 0.5) is 0 Å². The lowest BCUT2D eigenvalue weighted by Gasteiger charge is -2.19. The van der Waals surface area contributed by atoms with Crippen molar-refractivity contribution in [3.63, 3.8) is 0 Å². The molecular weight excluding hydrogens is 322 g/mol. The SMILES string of the molecule is CCn1nc(C)c(CNS(=O)(=O)c2ccc(C(C)(C)C)cc2)c1C. The first-order valence-electron chi connectivity index (χ1n) is 8.19. The third-order valence-corrected chi connectivity index (χ3v) is 5.72. The van der Waals surface area contributed by atoms with E-state index in [4.69, 9.17) is 0 Å². The van der Waals surface area contributed by atoms with Gasteiger partial charge in [-0.2, -0.15) is 5.10 Å². The van der Waals surface area contributed by atoms with E-state index in [0.717, 1.165) is 29.1 Å². The average molecular weight is 350 g/mol. The van der Waals surface area contributed by atoms with Crippen molar-refractivity contribution in [1.29, 1.82) is 0 Å². The third kappa shape index (κ3) is 3.87. The van der Waals surface area contributed by atoms with Gasteiger partial charge in [0.2, 0.25) is 10.0 Å². The Labute approximate surface area is 145 Å². The van der Waals surface area contributed by atoms with Crippen molar-refractivity contribution in [2.45, 2.75) is 64.9 Å². The van der Waals surface area contributed by atoms with Gasteiger partial charge < -0.3 is 0 Å². The van der Waals surface area contributed by atoms with Crippen LogP contribution < -0.4 is 4.72 Å². The third-order valence-electron chi connectivity index (χ3n) is 4.30. The topological polar surface area (TPSA) is 64.0 Å². The summed E-state index contributed by atoms with van der Waals surface area (Å²) in [6.45, 7) is 13.2. The summed E-state index contributed by atoms with van der Waals surface area (Å²) in [6, 6.07) is 7.08. The lowest BCUT2D eigenvalue weighted by atomic mass is 9.87. The normalized spacial score (nSPS) is 12.6. The molecule has 0 aliphatic rings. The maximum Gasteiger partial charge on any atom is 0.240 e. The van der Waals surface area contributed by atoms with Gasteiger partial charge in [-0.25, -0.2) is 13.1 Å². The lowest BCUT2D eigenvalue weighted by Crippen LogP contribution is -2.24. The van der Waals surface area contributed by atoms with E-state index in [1.807, 2.05) is 37.6 Å². The van der Waals surface area contributed by atoms with Crippen LogP contribution in [0.5, 0.6) is 0 Å². The fourth-order valence-corrected chi connectivity index (χ4v) is 3.68. The molecule has 0 saturated heterocycles. The van der Waals surface area contributed by atoms with Crippen LogP contribution in [0.2, 0.25) is 0 Å². The highest BCUT2D eigenvalue weighted by Gasteiger charge is 2.19. The summed E-state index contributed by atoms with van der Waals surface area (Å²) in [5.74, 6) is 0. The second-order valence-corrected chi connectivity index (χ2v) is 8.83. The van der Waals surface area contributed by atoms with Crippen LogP contribution in [0.25, 0.3) is 0 Å². The van der Waals surface area contributed by atoms with Crippen molar-refractivity contribution in [2.75, 3.05) is 0 Å². The first kappa shape index (κ1) is 18.7. The van der Waals surface area contributed by atoms with Crippen LogP contribution in [-0.4, -0.2) is 18.2 Å². The van der Waals surface area contributed by atoms with Crippen molar-refractivity contribution in [3.05, 3.63) is 46.8 Å². The molecule has 1 N–H and O–H groups in total. The number of aromatic nitrogens is 2. The Morgan fingerprint density at radius 2 is 1.71 bits per heavy atom. The second kappa shape index (κ2) is 6.69. The van der Waals surface area contributed by atoms with Gasteiger partial charge in [0.25, 0.3) is 0 Å². The van der Waals surface area contributed by atoms with Gasteiger partial charge in [-0.1, -0.05) is 32.9 Å². The zero-order valence-electron chi connectivity index (χ0n) is 15.3. The molecule has 1 heterocycles. The van der Waals surface area contributed by atoms with E-state index in [0.29, 0.717) is 0 Å². The standard InChI is InChI=1S/C18H27N3O2S/c1-7-21-14(3)17(13(2)20-21)12-19-24(22,23)16-10-8-15(9-11-16)18(4,5)6/h8-11,19H,7,12H2,1-6H3. The number of nitrogens with zero attached hydrogens (tertiary/aromatic N) is 2. The monoisotopic (exact) mass is 349 g/mol. The zero-order valence-corrected chi connectivity index (χ0v) is 16.2. The van der Waals surface area contributed by atoms with E-state index in [9.17, 15) is 8.42 Å². The molecule has 0 saturated carbocycles. The smallest absolute Gasteiger partial charge is 0.240 e. The fourth-order valence-electron chi connectivity index (χ4n) is 2.68. The summed E-state index contributed by atoms with van der Waals surface area (Å²) < 4.78 is 29.6. The molecule has 0 aliphatic heterocycles. The van der Waals surface area contributed by atoms with Gasteiger partial charge in [0.1, 0.15) is 0 Å². The summed E-state index contributed by atoms with van der Waals surface area (Å²) in [5.41, 5.74) is 3.91. The van der Waals surface area contributed by atoms with Crippen molar-refractivity contribution < 1.29 is 8.42 Å². The molecular formula is C18H27N3O2S. The first-order valence-corrected chi connectivity index (χ1v) is 9.67. The second-order valence-electron chi connectivity index (χ2n) is 7.06. The Morgan fingerprint density at radius 3 is 2.17 bits per heavy atom. The molecule has 0 amide bonds. The predicted octanol–water partition coefficient (Wildman–Crippen LogP) is 3.30. The van der Waals surface area contributed by atoms with E-state index in [2.05, 4.69) is 30.6 Å². The molecule has 132 valence electrons. The summed E-state index contributed by atoms with van der Waals surface area (Å²) >= 11 is 0. The van der Waals surface area contributed by atoms with Crippen LogP contribution in [0.15, 0.2) is 29.2 Å². The number of hydrogen-bond acceptors (Lipinski definition) is 3. The summed E-state index contributed by atoms with van der Waals surface area (Å²) in [6.07, 6.45) is 0. The molecule has 24 heavy (non-hydrogen) atoms. The van der Waals surface area contributed by atoms with Crippen LogP contribution in [0.1, 0.15) is 50.2 Å².